The largest absolute Gasteiger partial charge is 0.296 e. The van der Waals surface area contributed by atoms with Gasteiger partial charge in [0.1, 0.15) is 5.82 Å². The number of rotatable bonds is 3. The van der Waals surface area contributed by atoms with Crippen LogP contribution in [-0.2, 0) is 0 Å². The highest BCUT2D eigenvalue weighted by atomic mass is 19.1. The average Bonchev–Trinajstić information content (AvgIpc) is 3.02. The molecule has 0 saturated carbocycles. The summed E-state index contributed by atoms with van der Waals surface area (Å²) in [6.45, 7) is 0. The van der Waals surface area contributed by atoms with E-state index in [2.05, 4.69) is 4.98 Å². The van der Waals surface area contributed by atoms with E-state index in [1.165, 1.54) is 24.3 Å². The summed E-state index contributed by atoms with van der Waals surface area (Å²) in [6.07, 6.45) is 1.81. The van der Waals surface area contributed by atoms with Crippen molar-refractivity contribution in [2.45, 2.75) is 0 Å². The lowest BCUT2D eigenvalue weighted by molar-refractivity contribution is 0.102. The predicted octanol–water partition coefficient (Wildman–Crippen LogP) is 4.37. The van der Waals surface area contributed by atoms with Gasteiger partial charge in [-0.25, -0.2) is 9.37 Å². The number of nitrogens with zero attached hydrogens (tertiary/aromatic N) is 2. The highest BCUT2D eigenvalue weighted by molar-refractivity contribution is 6.08. The number of benzene rings is 2. The monoisotopic (exact) mass is 316 g/mol. The highest BCUT2D eigenvalue weighted by Crippen LogP contribution is 2.25. The standard InChI is InChI=1S/C20H13FN2O/c21-16-11-9-15(10-12-16)19(24)20-22-18(14-6-2-1-3-7-14)17-8-4-5-13-23(17)20/h1-13H. The van der Waals surface area contributed by atoms with Crippen LogP contribution in [0, 0.1) is 5.82 Å². The van der Waals surface area contributed by atoms with Crippen LogP contribution in [0.15, 0.2) is 79.0 Å². The molecule has 0 spiro atoms. The number of halogens is 1. The molecule has 0 atom stereocenters. The lowest BCUT2D eigenvalue weighted by Crippen LogP contribution is -2.06. The molecular formula is C20H13FN2O. The minimum absolute atomic E-state index is 0.238. The van der Waals surface area contributed by atoms with Gasteiger partial charge in [0, 0.05) is 17.3 Å². The summed E-state index contributed by atoms with van der Waals surface area (Å²) in [5.41, 5.74) is 2.96. The van der Waals surface area contributed by atoms with Crippen molar-refractivity contribution in [2.24, 2.45) is 0 Å². The average molecular weight is 316 g/mol. The summed E-state index contributed by atoms with van der Waals surface area (Å²) in [4.78, 5) is 17.4. The zero-order valence-corrected chi connectivity index (χ0v) is 12.7. The van der Waals surface area contributed by atoms with Crippen molar-refractivity contribution in [3.8, 4) is 11.3 Å². The number of carbonyl (C=O) groups is 1. The molecule has 2 aromatic carbocycles. The SMILES string of the molecule is O=C(c1ccc(F)cc1)c1nc(-c2ccccc2)c2ccccn12. The third kappa shape index (κ3) is 2.38. The van der Waals surface area contributed by atoms with Crippen molar-refractivity contribution < 1.29 is 9.18 Å². The quantitative estimate of drug-likeness (QED) is 0.526. The number of pyridine rings is 1. The first kappa shape index (κ1) is 14.3. The summed E-state index contributed by atoms with van der Waals surface area (Å²) in [7, 11) is 0. The van der Waals surface area contributed by atoms with Gasteiger partial charge in [-0.2, -0.15) is 0 Å². The van der Waals surface area contributed by atoms with Gasteiger partial charge in [0.25, 0.3) is 0 Å². The molecule has 4 rings (SSSR count). The molecule has 0 amide bonds. The first-order valence-electron chi connectivity index (χ1n) is 7.57. The van der Waals surface area contributed by atoms with Gasteiger partial charge in [0.2, 0.25) is 5.78 Å². The fraction of sp³-hybridized carbons (Fsp3) is 0. The number of hydrogen-bond donors (Lipinski definition) is 0. The van der Waals surface area contributed by atoms with Crippen LogP contribution in [0.4, 0.5) is 4.39 Å². The van der Waals surface area contributed by atoms with Crippen molar-refractivity contribution in [1.82, 2.24) is 9.38 Å². The Morgan fingerprint density at radius 3 is 2.33 bits per heavy atom. The van der Waals surface area contributed by atoms with Crippen LogP contribution in [0.5, 0.6) is 0 Å². The van der Waals surface area contributed by atoms with Crippen LogP contribution in [0.3, 0.4) is 0 Å². The van der Waals surface area contributed by atoms with Gasteiger partial charge in [0.05, 0.1) is 11.2 Å². The topological polar surface area (TPSA) is 34.4 Å². The molecule has 0 unspecified atom stereocenters. The van der Waals surface area contributed by atoms with Crippen LogP contribution in [-0.4, -0.2) is 15.2 Å². The van der Waals surface area contributed by atoms with Gasteiger partial charge < -0.3 is 0 Å². The second kappa shape index (κ2) is 5.74. The van der Waals surface area contributed by atoms with Gasteiger partial charge in [-0.15, -0.1) is 0 Å². The lowest BCUT2D eigenvalue weighted by Gasteiger charge is -2.00. The molecule has 0 aliphatic rings. The van der Waals surface area contributed by atoms with Gasteiger partial charge in [-0.05, 0) is 36.4 Å². The second-order valence-corrected chi connectivity index (χ2v) is 5.44. The van der Waals surface area contributed by atoms with Crippen molar-refractivity contribution in [3.05, 3.63) is 96.2 Å². The van der Waals surface area contributed by atoms with E-state index < -0.39 is 0 Å². The minimum atomic E-state index is -0.371. The lowest BCUT2D eigenvalue weighted by atomic mass is 10.1. The van der Waals surface area contributed by atoms with E-state index in [-0.39, 0.29) is 11.6 Å². The molecule has 0 aliphatic heterocycles. The van der Waals surface area contributed by atoms with Gasteiger partial charge >= 0.3 is 0 Å². The van der Waals surface area contributed by atoms with Gasteiger partial charge in [-0.3, -0.25) is 9.20 Å². The Kier molecular flexibility index (Phi) is 3.43. The van der Waals surface area contributed by atoms with E-state index in [0.29, 0.717) is 11.4 Å². The Bertz CT molecular complexity index is 1020. The van der Waals surface area contributed by atoms with Crippen molar-refractivity contribution in [1.29, 1.82) is 0 Å². The first-order chi connectivity index (χ1) is 11.7. The second-order valence-electron chi connectivity index (χ2n) is 5.44. The predicted molar refractivity (Wildman–Crippen MR) is 90.5 cm³/mol. The molecule has 0 bridgehead atoms. The first-order valence-corrected chi connectivity index (χ1v) is 7.57. The maximum absolute atomic E-state index is 13.1. The molecule has 0 aliphatic carbocycles. The summed E-state index contributed by atoms with van der Waals surface area (Å²) < 4.78 is 14.9. The van der Waals surface area contributed by atoms with E-state index in [1.807, 2.05) is 54.7 Å². The Hall–Kier alpha value is -3.27. The molecule has 0 radical (unpaired) electrons. The summed E-state index contributed by atoms with van der Waals surface area (Å²) in [5, 5.41) is 0. The Morgan fingerprint density at radius 1 is 0.875 bits per heavy atom. The van der Waals surface area contributed by atoms with Crippen LogP contribution in [0.1, 0.15) is 16.2 Å². The third-order valence-corrected chi connectivity index (χ3v) is 3.91. The number of fused-ring (bicyclic) bond motifs is 1. The number of carbonyl (C=O) groups excluding carboxylic acids is 1. The molecule has 4 aromatic rings. The summed E-state index contributed by atoms with van der Waals surface area (Å²) in [5.74, 6) is -0.293. The van der Waals surface area contributed by atoms with Crippen molar-refractivity contribution in [2.75, 3.05) is 0 Å². The maximum atomic E-state index is 13.1. The van der Waals surface area contributed by atoms with Crippen LogP contribution < -0.4 is 0 Å². The van der Waals surface area contributed by atoms with E-state index in [1.54, 1.807) is 4.40 Å². The van der Waals surface area contributed by atoms with E-state index >= 15 is 0 Å². The fourth-order valence-corrected chi connectivity index (χ4v) is 2.74. The third-order valence-electron chi connectivity index (χ3n) is 3.91. The molecular weight excluding hydrogens is 303 g/mol. The molecule has 0 saturated heterocycles. The van der Waals surface area contributed by atoms with Gasteiger partial charge in [-0.1, -0.05) is 36.4 Å². The van der Waals surface area contributed by atoms with E-state index in [9.17, 15) is 9.18 Å². The highest BCUT2D eigenvalue weighted by Gasteiger charge is 2.19. The molecule has 4 heteroatoms. The maximum Gasteiger partial charge on any atom is 0.228 e. The Balaban J connectivity index is 1.90. The van der Waals surface area contributed by atoms with Crippen LogP contribution in [0.2, 0.25) is 0 Å². The van der Waals surface area contributed by atoms with E-state index in [4.69, 9.17) is 0 Å². The Labute approximate surface area is 138 Å². The number of ketones is 1. The number of imidazole rings is 1. The molecule has 0 fully saturated rings. The smallest absolute Gasteiger partial charge is 0.228 e. The molecule has 3 nitrogen and oxygen atoms in total. The zero-order chi connectivity index (χ0) is 16.5. The minimum Gasteiger partial charge on any atom is -0.296 e. The molecule has 0 N–H and O–H groups in total. The number of aromatic nitrogens is 2. The van der Waals surface area contributed by atoms with Crippen molar-refractivity contribution >= 4 is 11.3 Å². The Morgan fingerprint density at radius 2 is 1.58 bits per heavy atom. The molecule has 2 heterocycles. The van der Waals surface area contributed by atoms with Crippen LogP contribution in [0.25, 0.3) is 16.8 Å². The zero-order valence-electron chi connectivity index (χ0n) is 12.7. The van der Waals surface area contributed by atoms with Crippen molar-refractivity contribution in [3.63, 3.8) is 0 Å². The van der Waals surface area contributed by atoms with E-state index in [0.717, 1.165) is 16.8 Å². The molecule has 2 aromatic heterocycles. The summed E-state index contributed by atoms with van der Waals surface area (Å²) >= 11 is 0. The molecule has 24 heavy (non-hydrogen) atoms. The normalized spacial score (nSPS) is 10.9. The molecule has 116 valence electrons. The fourth-order valence-electron chi connectivity index (χ4n) is 2.74. The van der Waals surface area contributed by atoms with Gasteiger partial charge in [0.15, 0.2) is 5.82 Å². The summed E-state index contributed by atoms with van der Waals surface area (Å²) in [6, 6.07) is 20.9. The van der Waals surface area contributed by atoms with Crippen LogP contribution >= 0.6 is 0 Å². The number of hydrogen-bond acceptors (Lipinski definition) is 2.